The molecule has 1 saturated carbocycles. The molecule has 0 unspecified atom stereocenters. The van der Waals surface area contributed by atoms with Crippen molar-refractivity contribution in [3.8, 4) is 5.88 Å². The molecule has 1 aliphatic rings. The van der Waals surface area contributed by atoms with Crippen LogP contribution in [-0.4, -0.2) is 16.1 Å². The van der Waals surface area contributed by atoms with Crippen LogP contribution in [0.4, 0.5) is 0 Å². The van der Waals surface area contributed by atoms with Gasteiger partial charge in [0.1, 0.15) is 16.5 Å². The van der Waals surface area contributed by atoms with Gasteiger partial charge in [-0.05, 0) is 48.0 Å². The van der Waals surface area contributed by atoms with Crippen LogP contribution in [0.5, 0.6) is 5.88 Å². The van der Waals surface area contributed by atoms with Gasteiger partial charge in [0.05, 0.1) is 0 Å². The van der Waals surface area contributed by atoms with Gasteiger partial charge in [-0.25, -0.2) is 4.98 Å². The van der Waals surface area contributed by atoms with E-state index in [1.807, 2.05) is 6.07 Å². The third kappa shape index (κ3) is 3.17. The SMILES string of the molecule is CCCc1nc(Br)cc(OC2CCCC2)n1. The second-order valence-corrected chi connectivity index (χ2v) is 5.03. The molecule has 4 heteroatoms. The molecule has 88 valence electrons. The van der Waals surface area contributed by atoms with E-state index >= 15 is 0 Å². The predicted octanol–water partition coefficient (Wildman–Crippen LogP) is 3.51. The van der Waals surface area contributed by atoms with E-state index in [4.69, 9.17) is 4.74 Å². The molecule has 0 amide bonds. The van der Waals surface area contributed by atoms with Crippen molar-refractivity contribution in [2.75, 3.05) is 0 Å². The summed E-state index contributed by atoms with van der Waals surface area (Å²) in [5.74, 6) is 1.59. The topological polar surface area (TPSA) is 35.0 Å². The van der Waals surface area contributed by atoms with Crippen LogP contribution in [0.25, 0.3) is 0 Å². The molecular weight excluding hydrogens is 268 g/mol. The zero-order chi connectivity index (χ0) is 11.4. The first-order valence-corrected chi connectivity index (χ1v) is 6.77. The van der Waals surface area contributed by atoms with Crippen LogP contribution < -0.4 is 4.74 Å². The Morgan fingerprint density at radius 2 is 2.12 bits per heavy atom. The Kier molecular flexibility index (Phi) is 4.16. The highest BCUT2D eigenvalue weighted by Gasteiger charge is 2.17. The summed E-state index contributed by atoms with van der Waals surface area (Å²) >= 11 is 3.40. The first-order valence-electron chi connectivity index (χ1n) is 5.98. The maximum atomic E-state index is 5.86. The summed E-state index contributed by atoms with van der Waals surface area (Å²) in [6.07, 6.45) is 7.18. The van der Waals surface area contributed by atoms with Crippen LogP contribution in [-0.2, 0) is 6.42 Å². The number of hydrogen-bond donors (Lipinski definition) is 0. The van der Waals surface area contributed by atoms with Crippen LogP contribution >= 0.6 is 15.9 Å². The van der Waals surface area contributed by atoms with Gasteiger partial charge in [0.25, 0.3) is 0 Å². The Labute approximate surface area is 105 Å². The zero-order valence-electron chi connectivity index (χ0n) is 9.58. The van der Waals surface area contributed by atoms with Gasteiger partial charge in [-0.1, -0.05) is 6.92 Å². The number of aromatic nitrogens is 2. The molecule has 1 fully saturated rings. The summed E-state index contributed by atoms with van der Waals surface area (Å²) in [6.45, 7) is 2.13. The van der Waals surface area contributed by atoms with Crippen molar-refractivity contribution < 1.29 is 4.74 Å². The first-order chi connectivity index (χ1) is 7.78. The molecule has 2 rings (SSSR count). The van der Waals surface area contributed by atoms with Gasteiger partial charge in [0.15, 0.2) is 0 Å². The number of aryl methyl sites for hydroxylation is 1. The molecule has 0 atom stereocenters. The average molecular weight is 285 g/mol. The number of rotatable bonds is 4. The molecule has 1 aliphatic carbocycles. The lowest BCUT2D eigenvalue weighted by Crippen LogP contribution is -2.12. The Bertz CT molecular complexity index is 351. The molecule has 0 aliphatic heterocycles. The Morgan fingerprint density at radius 1 is 1.38 bits per heavy atom. The minimum atomic E-state index is 0.358. The molecule has 3 nitrogen and oxygen atoms in total. The summed E-state index contributed by atoms with van der Waals surface area (Å²) in [5, 5.41) is 0. The lowest BCUT2D eigenvalue weighted by Gasteiger charge is -2.12. The van der Waals surface area contributed by atoms with E-state index in [2.05, 4.69) is 32.8 Å². The van der Waals surface area contributed by atoms with E-state index in [-0.39, 0.29) is 0 Å². The molecule has 16 heavy (non-hydrogen) atoms. The second-order valence-electron chi connectivity index (χ2n) is 4.22. The Morgan fingerprint density at radius 3 is 2.81 bits per heavy atom. The summed E-state index contributed by atoms with van der Waals surface area (Å²) < 4.78 is 6.68. The van der Waals surface area contributed by atoms with E-state index < -0.39 is 0 Å². The van der Waals surface area contributed by atoms with E-state index in [0.717, 1.165) is 42.0 Å². The minimum absolute atomic E-state index is 0.358. The molecular formula is C12H17BrN2O. The van der Waals surface area contributed by atoms with Crippen LogP contribution in [0.15, 0.2) is 10.7 Å². The van der Waals surface area contributed by atoms with E-state index in [1.54, 1.807) is 0 Å². The molecule has 0 bridgehead atoms. The molecule has 0 N–H and O–H groups in total. The van der Waals surface area contributed by atoms with Crippen molar-refractivity contribution in [3.63, 3.8) is 0 Å². The monoisotopic (exact) mass is 284 g/mol. The second kappa shape index (κ2) is 5.62. The van der Waals surface area contributed by atoms with Crippen molar-refractivity contribution in [1.29, 1.82) is 0 Å². The molecule has 0 spiro atoms. The third-order valence-electron chi connectivity index (χ3n) is 2.78. The van der Waals surface area contributed by atoms with Gasteiger partial charge >= 0.3 is 0 Å². The fraction of sp³-hybridized carbons (Fsp3) is 0.667. The summed E-state index contributed by atoms with van der Waals surface area (Å²) in [4.78, 5) is 8.75. The minimum Gasteiger partial charge on any atom is -0.474 e. The highest BCUT2D eigenvalue weighted by Crippen LogP contribution is 2.24. The van der Waals surface area contributed by atoms with Gasteiger partial charge < -0.3 is 4.74 Å². The lowest BCUT2D eigenvalue weighted by atomic mass is 10.3. The van der Waals surface area contributed by atoms with Gasteiger partial charge in [-0.15, -0.1) is 0 Å². The largest absolute Gasteiger partial charge is 0.474 e. The van der Waals surface area contributed by atoms with Gasteiger partial charge in [0, 0.05) is 12.5 Å². The van der Waals surface area contributed by atoms with Crippen molar-refractivity contribution in [2.24, 2.45) is 0 Å². The molecule has 1 aromatic heterocycles. The normalized spacial score (nSPS) is 16.6. The van der Waals surface area contributed by atoms with Crippen molar-refractivity contribution in [1.82, 2.24) is 9.97 Å². The first kappa shape index (κ1) is 11.8. The Balaban J connectivity index is 2.06. The fourth-order valence-electron chi connectivity index (χ4n) is 2.01. The lowest BCUT2D eigenvalue weighted by molar-refractivity contribution is 0.200. The third-order valence-corrected chi connectivity index (χ3v) is 3.19. The summed E-state index contributed by atoms with van der Waals surface area (Å²) in [5.41, 5.74) is 0. The van der Waals surface area contributed by atoms with Crippen molar-refractivity contribution >= 4 is 15.9 Å². The number of hydrogen-bond acceptors (Lipinski definition) is 3. The standard InChI is InChI=1S/C12H17BrN2O/c1-2-5-11-14-10(13)8-12(15-11)16-9-6-3-4-7-9/h8-9H,2-7H2,1H3. The fourth-order valence-corrected chi connectivity index (χ4v) is 2.42. The highest BCUT2D eigenvalue weighted by molar-refractivity contribution is 9.10. The van der Waals surface area contributed by atoms with Crippen molar-refractivity contribution in [2.45, 2.75) is 51.6 Å². The van der Waals surface area contributed by atoms with Crippen LogP contribution in [0.3, 0.4) is 0 Å². The molecule has 0 radical (unpaired) electrons. The number of ether oxygens (including phenoxy) is 1. The maximum Gasteiger partial charge on any atom is 0.217 e. The molecule has 0 saturated heterocycles. The maximum absolute atomic E-state index is 5.86. The zero-order valence-corrected chi connectivity index (χ0v) is 11.2. The summed E-state index contributed by atoms with van der Waals surface area (Å²) in [7, 11) is 0. The van der Waals surface area contributed by atoms with E-state index in [1.165, 1.54) is 12.8 Å². The van der Waals surface area contributed by atoms with Gasteiger partial charge in [-0.3, -0.25) is 0 Å². The predicted molar refractivity (Wildman–Crippen MR) is 66.6 cm³/mol. The van der Waals surface area contributed by atoms with E-state index in [0.29, 0.717) is 6.10 Å². The van der Waals surface area contributed by atoms with Crippen LogP contribution in [0.2, 0.25) is 0 Å². The molecule has 1 aromatic rings. The van der Waals surface area contributed by atoms with Crippen LogP contribution in [0.1, 0.15) is 44.9 Å². The van der Waals surface area contributed by atoms with Crippen LogP contribution in [0, 0.1) is 0 Å². The number of halogens is 1. The average Bonchev–Trinajstić information content (AvgIpc) is 2.70. The quantitative estimate of drug-likeness (QED) is 0.794. The Hall–Kier alpha value is -0.640. The summed E-state index contributed by atoms with van der Waals surface area (Å²) in [6, 6.07) is 1.86. The highest BCUT2D eigenvalue weighted by atomic mass is 79.9. The number of nitrogens with zero attached hydrogens (tertiary/aromatic N) is 2. The molecule has 1 heterocycles. The smallest absolute Gasteiger partial charge is 0.217 e. The van der Waals surface area contributed by atoms with Gasteiger partial charge in [0.2, 0.25) is 5.88 Å². The van der Waals surface area contributed by atoms with Crippen molar-refractivity contribution in [3.05, 3.63) is 16.5 Å². The molecule has 0 aromatic carbocycles. The van der Waals surface area contributed by atoms with E-state index in [9.17, 15) is 0 Å². The van der Waals surface area contributed by atoms with Gasteiger partial charge in [-0.2, -0.15) is 4.98 Å².